The molecule has 6 nitrogen and oxygen atoms in total. The standard InChI is InChI=1S/C12H9F3N4O2S3/c1-19-9(12(13,14)15)6-7(17-19)8-2-3-10(23-8)24(20,21)18-11-16-4-5-22-11/h2-6H,1H3,(H,16,18). The Labute approximate surface area is 142 Å². The third-order valence-corrected chi connectivity index (χ3v) is 6.68. The molecule has 0 fully saturated rings. The highest BCUT2D eigenvalue weighted by molar-refractivity contribution is 7.95. The molecule has 0 bridgehead atoms. The van der Waals surface area contributed by atoms with Crippen LogP contribution in [0.25, 0.3) is 10.6 Å². The van der Waals surface area contributed by atoms with Crippen molar-refractivity contribution in [2.75, 3.05) is 4.72 Å². The van der Waals surface area contributed by atoms with Crippen LogP contribution in [0.5, 0.6) is 0 Å². The summed E-state index contributed by atoms with van der Waals surface area (Å²) in [5.41, 5.74) is -0.846. The Morgan fingerprint density at radius 2 is 2.04 bits per heavy atom. The molecule has 0 aliphatic rings. The van der Waals surface area contributed by atoms with Gasteiger partial charge in [0.2, 0.25) is 0 Å². The van der Waals surface area contributed by atoms with E-state index in [2.05, 4.69) is 14.8 Å². The Morgan fingerprint density at radius 3 is 2.62 bits per heavy atom. The molecular formula is C12H9F3N4O2S3. The topological polar surface area (TPSA) is 76.9 Å². The van der Waals surface area contributed by atoms with Crippen LogP contribution in [0.4, 0.5) is 18.3 Å². The number of sulfonamides is 1. The number of halogens is 3. The van der Waals surface area contributed by atoms with E-state index in [4.69, 9.17) is 0 Å². The Hall–Kier alpha value is -1.92. The van der Waals surface area contributed by atoms with Crippen LogP contribution in [0, 0.1) is 0 Å². The maximum absolute atomic E-state index is 12.8. The number of nitrogens with one attached hydrogen (secondary N) is 1. The first kappa shape index (κ1) is 16.9. The number of hydrogen-bond donors (Lipinski definition) is 1. The van der Waals surface area contributed by atoms with Gasteiger partial charge in [0, 0.05) is 18.6 Å². The SMILES string of the molecule is Cn1nc(-c2ccc(S(=O)(=O)Nc3nccs3)s2)cc1C(F)(F)F. The Morgan fingerprint density at radius 1 is 1.29 bits per heavy atom. The van der Waals surface area contributed by atoms with Gasteiger partial charge < -0.3 is 0 Å². The van der Waals surface area contributed by atoms with Gasteiger partial charge in [0.15, 0.2) is 5.13 Å². The summed E-state index contributed by atoms with van der Waals surface area (Å²) in [6.45, 7) is 0. The fraction of sp³-hybridized carbons (Fsp3) is 0.167. The minimum Gasteiger partial charge on any atom is -0.263 e. The summed E-state index contributed by atoms with van der Waals surface area (Å²) in [5.74, 6) is 0. The normalized spacial score (nSPS) is 12.5. The van der Waals surface area contributed by atoms with Crippen molar-refractivity contribution in [3.8, 4) is 10.6 Å². The van der Waals surface area contributed by atoms with E-state index < -0.39 is 21.9 Å². The molecule has 0 aliphatic carbocycles. The Balaban J connectivity index is 1.91. The highest BCUT2D eigenvalue weighted by Crippen LogP contribution is 2.35. The molecule has 3 heterocycles. The monoisotopic (exact) mass is 394 g/mol. The molecule has 3 aromatic heterocycles. The van der Waals surface area contributed by atoms with E-state index in [-0.39, 0.29) is 15.0 Å². The fourth-order valence-corrected chi connectivity index (χ4v) is 4.94. The molecule has 3 aromatic rings. The van der Waals surface area contributed by atoms with Gasteiger partial charge in [-0.2, -0.15) is 18.3 Å². The second kappa shape index (κ2) is 5.86. The highest BCUT2D eigenvalue weighted by atomic mass is 32.2. The Kier molecular flexibility index (Phi) is 4.13. The van der Waals surface area contributed by atoms with E-state index >= 15 is 0 Å². The van der Waals surface area contributed by atoms with Crippen LogP contribution in [0.15, 0.2) is 34.0 Å². The third kappa shape index (κ3) is 3.30. The first-order valence-corrected chi connectivity index (χ1v) is 9.48. The van der Waals surface area contributed by atoms with Crippen LogP contribution in [0.1, 0.15) is 5.69 Å². The molecule has 0 aliphatic heterocycles. The molecule has 1 N–H and O–H groups in total. The molecule has 12 heteroatoms. The van der Waals surface area contributed by atoms with Crippen molar-refractivity contribution in [2.45, 2.75) is 10.4 Å². The van der Waals surface area contributed by atoms with Crippen molar-refractivity contribution in [3.63, 3.8) is 0 Å². The van der Waals surface area contributed by atoms with Crippen molar-refractivity contribution >= 4 is 37.8 Å². The summed E-state index contributed by atoms with van der Waals surface area (Å²) in [6.07, 6.45) is -3.08. The lowest BCUT2D eigenvalue weighted by Crippen LogP contribution is -2.11. The molecule has 0 saturated heterocycles. The molecule has 24 heavy (non-hydrogen) atoms. The quantitative estimate of drug-likeness (QED) is 0.736. The summed E-state index contributed by atoms with van der Waals surface area (Å²) in [7, 11) is -2.66. The zero-order valence-corrected chi connectivity index (χ0v) is 14.4. The second-order valence-electron chi connectivity index (χ2n) is 4.60. The van der Waals surface area contributed by atoms with Crippen molar-refractivity contribution in [2.24, 2.45) is 7.05 Å². The highest BCUT2D eigenvalue weighted by Gasteiger charge is 2.35. The average molecular weight is 394 g/mol. The lowest BCUT2D eigenvalue weighted by atomic mass is 10.3. The van der Waals surface area contributed by atoms with Crippen LogP contribution >= 0.6 is 22.7 Å². The number of aromatic nitrogens is 3. The van der Waals surface area contributed by atoms with Gasteiger partial charge in [0.25, 0.3) is 10.0 Å². The Bertz CT molecular complexity index is 958. The summed E-state index contributed by atoms with van der Waals surface area (Å²) >= 11 is 1.95. The smallest absolute Gasteiger partial charge is 0.263 e. The molecule has 3 rings (SSSR count). The summed E-state index contributed by atoms with van der Waals surface area (Å²) in [5, 5.41) is 5.63. The maximum atomic E-state index is 12.8. The molecule has 0 unspecified atom stereocenters. The summed E-state index contributed by atoms with van der Waals surface area (Å²) < 4.78 is 65.9. The molecule has 0 aromatic carbocycles. The zero-order chi connectivity index (χ0) is 17.5. The van der Waals surface area contributed by atoms with Gasteiger partial charge in [0.1, 0.15) is 15.6 Å². The van der Waals surface area contributed by atoms with Crippen LogP contribution in [0.2, 0.25) is 0 Å². The minimum atomic E-state index is -4.53. The van der Waals surface area contributed by atoms with Crippen molar-refractivity contribution < 1.29 is 21.6 Å². The van der Waals surface area contributed by atoms with Crippen molar-refractivity contribution in [1.82, 2.24) is 14.8 Å². The third-order valence-electron chi connectivity index (χ3n) is 2.92. The number of aryl methyl sites for hydroxylation is 1. The van der Waals surface area contributed by atoms with Gasteiger partial charge in [-0.3, -0.25) is 9.40 Å². The maximum Gasteiger partial charge on any atom is 0.433 e. The predicted molar refractivity (Wildman–Crippen MR) is 84.4 cm³/mol. The molecule has 0 spiro atoms. The van der Waals surface area contributed by atoms with Crippen LogP contribution < -0.4 is 4.72 Å². The minimum absolute atomic E-state index is 0.0353. The van der Waals surface area contributed by atoms with Crippen molar-refractivity contribution in [1.29, 1.82) is 0 Å². The number of hydrogen-bond acceptors (Lipinski definition) is 6. The molecular weight excluding hydrogens is 385 g/mol. The average Bonchev–Trinajstić information content (AvgIpc) is 3.15. The number of thiophene rings is 1. The number of alkyl halides is 3. The first-order valence-electron chi connectivity index (χ1n) is 6.30. The van der Waals surface area contributed by atoms with Crippen LogP contribution in [-0.2, 0) is 23.2 Å². The van der Waals surface area contributed by atoms with Gasteiger partial charge in [-0.15, -0.1) is 22.7 Å². The fourth-order valence-electron chi connectivity index (χ4n) is 1.89. The van der Waals surface area contributed by atoms with E-state index in [0.717, 1.165) is 33.4 Å². The van der Waals surface area contributed by atoms with Gasteiger partial charge in [-0.1, -0.05) is 0 Å². The summed E-state index contributed by atoms with van der Waals surface area (Å²) in [6, 6.07) is 3.62. The largest absolute Gasteiger partial charge is 0.433 e. The number of nitrogens with zero attached hydrogens (tertiary/aromatic N) is 3. The number of anilines is 1. The number of thiazole rings is 1. The van der Waals surface area contributed by atoms with Gasteiger partial charge in [-0.25, -0.2) is 13.4 Å². The van der Waals surface area contributed by atoms with Gasteiger partial charge in [-0.05, 0) is 18.2 Å². The van der Waals surface area contributed by atoms with Crippen LogP contribution in [0.3, 0.4) is 0 Å². The molecule has 0 saturated carbocycles. The van der Waals surface area contributed by atoms with Gasteiger partial charge in [0.05, 0.1) is 4.88 Å². The molecule has 128 valence electrons. The molecule has 0 radical (unpaired) electrons. The van der Waals surface area contributed by atoms with E-state index in [0.29, 0.717) is 4.88 Å². The van der Waals surface area contributed by atoms with E-state index in [1.165, 1.54) is 25.4 Å². The summed E-state index contributed by atoms with van der Waals surface area (Å²) in [4.78, 5) is 4.15. The first-order chi connectivity index (χ1) is 11.2. The predicted octanol–water partition coefficient (Wildman–Crippen LogP) is 3.42. The van der Waals surface area contributed by atoms with E-state index in [1.54, 1.807) is 5.38 Å². The lowest BCUT2D eigenvalue weighted by Gasteiger charge is -2.04. The van der Waals surface area contributed by atoms with Crippen molar-refractivity contribution in [3.05, 3.63) is 35.5 Å². The molecule has 0 atom stereocenters. The van der Waals surface area contributed by atoms with E-state index in [9.17, 15) is 21.6 Å². The van der Waals surface area contributed by atoms with Crippen LogP contribution in [-0.4, -0.2) is 23.2 Å². The van der Waals surface area contributed by atoms with Gasteiger partial charge >= 0.3 is 6.18 Å². The lowest BCUT2D eigenvalue weighted by molar-refractivity contribution is -0.143. The zero-order valence-electron chi connectivity index (χ0n) is 11.9. The number of rotatable bonds is 4. The molecule has 0 amide bonds. The van der Waals surface area contributed by atoms with E-state index in [1.807, 2.05) is 0 Å². The second-order valence-corrected chi connectivity index (χ2v) is 8.49.